The molecule has 0 aromatic heterocycles. The van der Waals surface area contributed by atoms with Crippen LogP contribution in [-0.4, -0.2) is 23.7 Å². The summed E-state index contributed by atoms with van der Waals surface area (Å²) in [7, 11) is 0. The number of rotatable bonds is 2. The average Bonchev–Trinajstić information content (AvgIpc) is 2.14. The van der Waals surface area contributed by atoms with Gasteiger partial charge in [0.25, 0.3) is 0 Å². The van der Waals surface area contributed by atoms with Gasteiger partial charge in [-0.25, -0.2) is 4.79 Å². The van der Waals surface area contributed by atoms with Crippen molar-refractivity contribution in [3.8, 4) is 0 Å². The standard InChI is InChI=1S/C12H21NO4/c1-12(2,3)17-11(16)13-9-7-5-4-6-8(9)10(14)15/h8-9H,4-7H2,1-3H3,(H,13,16)(H,14,15)/p-1/t8-,9-/m1/s1. The molecule has 5 nitrogen and oxygen atoms in total. The fourth-order valence-electron chi connectivity index (χ4n) is 2.04. The number of nitrogens with one attached hydrogen (secondary N) is 1. The second kappa shape index (κ2) is 5.38. The highest BCUT2D eigenvalue weighted by molar-refractivity contribution is 5.72. The maximum absolute atomic E-state index is 11.5. The summed E-state index contributed by atoms with van der Waals surface area (Å²) in [6.07, 6.45) is 2.45. The minimum atomic E-state index is -1.09. The molecule has 1 rings (SSSR count). The fraction of sp³-hybridized carbons (Fsp3) is 0.833. The van der Waals surface area contributed by atoms with Crippen LogP contribution in [0.1, 0.15) is 46.5 Å². The smallest absolute Gasteiger partial charge is 0.407 e. The maximum atomic E-state index is 11.5. The normalized spacial score (nSPS) is 25.1. The minimum Gasteiger partial charge on any atom is -0.550 e. The minimum absolute atomic E-state index is 0.372. The molecule has 1 N–H and O–H groups in total. The lowest BCUT2D eigenvalue weighted by atomic mass is 9.84. The number of hydrogen-bond acceptors (Lipinski definition) is 4. The van der Waals surface area contributed by atoms with Crippen LogP contribution in [0.15, 0.2) is 0 Å². The Balaban J connectivity index is 2.53. The molecule has 0 aromatic carbocycles. The molecular weight excluding hydrogens is 222 g/mol. The van der Waals surface area contributed by atoms with Gasteiger partial charge in [0.2, 0.25) is 0 Å². The number of ether oxygens (including phenoxy) is 1. The Morgan fingerprint density at radius 1 is 1.24 bits per heavy atom. The largest absolute Gasteiger partial charge is 0.550 e. The van der Waals surface area contributed by atoms with E-state index in [1.807, 2.05) is 0 Å². The Bertz CT molecular complexity index is 295. The average molecular weight is 242 g/mol. The summed E-state index contributed by atoms with van der Waals surface area (Å²) in [5.41, 5.74) is -0.574. The molecule has 0 unspecified atom stereocenters. The van der Waals surface area contributed by atoms with E-state index >= 15 is 0 Å². The van der Waals surface area contributed by atoms with Crippen molar-refractivity contribution in [3.05, 3.63) is 0 Å². The van der Waals surface area contributed by atoms with Crippen LogP contribution in [-0.2, 0) is 9.53 Å². The summed E-state index contributed by atoms with van der Waals surface area (Å²) in [4.78, 5) is 22.5. The molecule has 1 fully saturated rings. The lowest BCUT2D eigenvalue weighted by Gasteiger charge is -2.33. The van der Waals surface area contributed by atoms with Gasteiger partial charge in [0.1, 0.15) is 5.60 Å². The zero-order valence-electron chi connectivity index (χ0n) is 10.6. The number of amides is 1. The van der Waals surface area contributed by atoms with Crippen molar-refractivity contribution in [2.24, 2.45) is 5.92 Å². The highest BCUT2D eigenvalue weighted by Gasteiger charge is 2.28. The lowest BCUT2D eigenvalue weighted by Crippen LogP contribution is -2.50. The van der Waals surface area contributed by atoms with Crippen molar-refractivity contribution in [3.63, 3.8) is 0 Å². The van der Waals surface area contributed by atoms with Gasteiger partial charge in [-0.1, -0.05) is 12.8 Å². The van der Waals surface area contributed by atoms with Gasteiger partial charge >= 0.3 is 6.09 Å². The first kappa shape index (κ1) is 13.8. The van der Waals surface area contributed by atoms with E-state index in [1.54, 1.807) is 20.8 Å². The number of carboxylic acids is 1. The molecule has 2 atom stereocenters. The molecule has 0 heterocycles. The summed E-state index contributed by atoms with van der Waals surface area (Å²) in [5.74, 6) is -1.69. The lowest BCUT2D eigenvalue weighted by molar-refractivity contribution is -0.313. The van der Waals surface area contributed by atoms with Crippen LogP contribution in [0.5, 0.6) is 0 Å². The number of carboxylic acid groups (broad SMARTS) is 1. The van der Waals surface area contributed by atoms with Crippen LogP contribution >= 0.6 is 0 Å². The highest BCUT2D eigenvalue weighted by Crippen LogP contribution is 2.24. The van der Waals surface area contributed by atoms with Crippen molar-refractivity contribution in [1.82, 2.24) is 5.32 Å². The Labute approximate surface area is 102 Å². The summed E-state index contributed by atoms with van der Waals surface area (Å²) >= 11 is 0. The van der Waals surface area contributed by atoms with Crippen molar-refractivity contribution in [2.75, 3.05) is 0 Å². The van der Waals surface area contributed by atoms with Gasteiger partial charge in [0.15, 0.2) is 0 Å². The van der Waals surface area contributed by atoms with Gasteiger partial charge in [0, 0.05) is 17.9 Å². The van der Waals surface area contributed by atoms with Crippen LogP contribution < -0.4 is 10.4 Å². The third-order valence-corrected chi connectivity index (χ3v) is 2.77. The summed E-state index contributed by atoms with van der Waals surface area (Å²) in [5, 5.41) is 13.6. The zero-order valence-corrected chi connectivity index (χ0v) is 10.6. The number of carbonyl (C=O) groups is 2. The molecule has 0 saturated heterocycles. The first-order chi connectivity index (χ1) is 7.79. The predicted molar refractivity (Wildman–Crippen MR) is 60.1 cm³/mol. The van der Waals surface area contributed by atoms with Crippen LogP contribution in [0.4, 0.5) is 4.79 Å². The number of carbonyl (C=O) groups excluding carboxylic acids is 2. The molecule has 0 aliphatic heterocycles. The predicted octanol–water partition coefficient (Wildman–Crippen LogP) is 0.820. The molecule has 17 heavy (non-hydrogen) atoms. The van der Waals surface area contributed by atoms with E-state index in [1.165, 1.54) is 0 Å². The van der Waals surface area contributed by atoms with E-state index < -0.39 is 23.6 Å². The van der Waals surface area contributed by atoms with Crippen LogP contribution in [0.3, 0.4) is 0 Å². The second-order valence-electron chi connectivity index (χ2n) is 5.46. The molecule has 0 spiro atoms. The molecule has 1 saturated carbocycles. The summed E-state index contributed by atoms with van der Waals surface area (Å²) in [6, 6.07) is -0.372. The Kier molecular flexibility index (Phi) is 4.37. The SMILES string of the molecule is CC(C)(C)OC(=O)N[C@@H]1CCCC[C@H]1C(=O)[O-]. The molecule has 0 aromatic rings. The van der Waals surface area contributed by atoms with E-state index in [9.17, 15) is 14.7 Å². The fourth-order valence-corrected chi connectivity index (χ4v) is 2.04. The quantitative estimate of drug-likeness (QED) is 0.777. The van der Waals surface area contributed by atoms with E-state index in [0.717, 1.165) is 12.8 Å². The van der Waals surface area contributed by atoms with E-state index in [4.69, 9.17) is 4.74 Å². The van der Waals surface area contributed by atoms with E-state index in [2.05, 4.69) is 5.32 Å². The van der Waals surface area contributed by atoms with Crippen LogP contribution in [0, 0.1) is 5.92 Å². The number of alkyl carbamates (subject to hydrolysis) is 1. The van der Waals surface area contributed by atoms with Gasteiger partial charge in [-0.05, 0) is 33.6 Å². The van der Waals surface area contributed by atoms with Gasteiger partial charge in [-0.15, -0.1) is 0 Å². The van der Waals surface area contributed by atoms with Gasteiger partial charge in [-0.3, -0.25) is 0 Å². The first-order valence-electron chi connectivity index (χ1n) is 6.00. The topological polar surface area (TPSA) is 78.5 Å². The Hall–Kier alpha value is -1.26. The van der Waals surface area contributed by atoms with Gasteiger partial charge in [-0.2, -0.15) is 0 Å². The third-order valence-electron chi connectivity index (χ3n) is 2.77. The second-order valence-corrected chi connectivity index (χ2v) is 5.46. The van der Waals surface area contributed by atoms with Gasteiger partial charge in [0.05, 0.1) is 0 Å². The summed E-state index contributed by atoms with van der Waals surface area (Å²) in [6.45, 7) is 5.30. The molecule has 0 radical (unpaired) electrons. The highest BCUT2D eigenvalue weighted by atomic mass is 16.6. The molecule has 0 bridgehead atoms. The Morgan fingerprint density at radius 3 is 2.35 bits per heavy atom. The maximum Gasteiger partial charge on any atom is 0.407 e. The van der Waals surface area contributed by atoms with Gasteiger partial charge < -0.3 is 20.0 Å². The van der Waals surface area contributed by atoms with E-state index in [0.29, 0.717) is 12.8 Å². The van der Waals surface area contributed by atoms with Crippen molar-refractivity contribution in [1.29, 1.82) is 0 Å². The third kappa shape index (κ3) is 4.63. The molecule has 1 aliphatic carbocycles. The van der Waals surface area contributed by atoms with Crippen LogP contribution in [0.25, 0.3) is 0 Å². The molecule has 98 valence electrons. The zero-order chi connectivity index (χ0) is 13.1. The Morgan fingerprint density at radius 2 is 1.82 bits per heavy atom. The van der Waals surface area contributed by atoms with Crippen molar-refractivity contribution < 1.29 is 19.4 Å². The first-order valence-corrected chi connectivity index (χ1v) is 6.00. The molecular formula is C12H20NO4-. The molecule has 1 aliphatic rings. The van der Waals surface area contributed by atoms with Crippen molar-refractivity contribution >= 4 is 12.1 Å². The molecule has 5 heteroatoms. The van der Waals surface area contributed by atoms with Crippen molar-refractivity contribution in [2.45, 2.75) is 58.1 Å². The van der Waals surface area contributed by atoms with Crippen LogP contribution in [0.2, 0.25) is 0 Å². The van der Waals surface area contributed by atoms with E-state index in [-0.39, 0.29) is 6.04 Å². The number of hydrogen-bond donors (Lipinski definition) is 1. The summed E-state index contributed by atoms with van der Waals surface area (Å²) < 4.78 is 5.11. The number of aliphatic carboxylic acids is 1. The monoisotopic (exact) mass is 242 g/mol. The molecule has 1 amide bonds.